The third-order valence-electron chi connectivity index (χ3n) is 8.21. The molecule has 0 bridgehead atoms. The van der Waals surface area contributed by atoms with E-state index in [1.165, 1.54) is 0 Å². The number of aromatic nitrogens is 3. The SMILES string of the molecule is CCCCNc1ncc2c3ccc(CN4CCN(C)CC4)cc3c(=O)n(CC3CCC(OC(N)=O)CC3)c2n1. The van der Waals surface area contributed by atoms with Crippen LogP contribution in [0.15, 0.2) is 29.2 Å². The fourth-order valence-electron chi connectivity index (χ4n) is 5.86. The van der Waals surface area contributed by atoms with E-state index in [4.69, 9.17) is 15.5 Å². The van der Waals surface area contributed by atoms with E-state index in [2.05, 4.69) is 52.3 Å². The van der Waals surface area contributed by atoms with E-state index in [9.17, 15) is 9.59 Å². The van der Waals surface area contributed by atoms with Crippen molar-refractivity contribution < 1.29 is 9.53 Å². The van der Waals surface area contributed by atoms with Gasteiger partial charge in [-0.1, -0.05) is 25.5 Å². The summed E-state index contributed by atoms with van der Waals surface area (Å²) < 4.78 is 7.07. The van der Waals surface area contributed by atoms with Gasteiger partial charge in [0.25, 0.3) is 5.56 Å². The summed E-state index contributed by atoms with van der Waals surface area (Å²) in [6.07, 6.45) is 6.32. The van der Waals surface area contributed by atoms with Crippen LogP contribution in [0, 0.1) is 5.92 Å². The predicted octanol–water partition coefficient (Wildman–Crippen LogP) is 3.56. The number of benzene rings is 1. The Morgan fingerprint density at radius 1 is 1.10 bits per heavy atom. The number of amides is 1. The Bertz CT molecular complexity index is 1360. The second-order valence-corrected chi connectivity index (χ2v) is 11.2. The molecule has 0 radical (unpaired) electrons. The molecule has 3 N–H and O–H groups in total. The fourth-order valence-corrected chi connectivity index (χ4v) is 5.86. The molecule has 2 fully saturated rings. The maximum absolute atomic E-state index is 14.1. The monoisotopic (exact) mass is 535 g/mol. The van der Waals surface area contributed by atoms with E-state index in [1.54, 1.807) is 0 Å². The molecular weight excluding hydrogens is 494 g/mol. The number of carbonyl (C=O) groups is 1. The Morgan fingerprint density at radius 2 is 1.87 bits per heavy atom. The highest BCUT2D eigenvalue weighted by Crippen LogP contribution is 2.30. The second-order valence-electron chi connectivity index (χ2n) is 11.2. The van der Waals surface area contributed by atoms with Gasteiger partial charge in [0.1, 0.15) is 11.8 Å². The van der Waals surface area contributed by atoms with E-state index < -0.39 is 6.09 Å². The molecule has 10 nitrogen and oxygen atoms in total. The number of pyridine rings is 1. The van der Waals surface area contributed by atoms with Crippen LogP contribution in [-0.4, -0.2) is 76.3 Å². The highest BCUT2D eigenvalue weighted by Gasteiger charge is 2.25. The van der Waals surface area contributed by atoms with Crippen LogP contribution in [0.2, 0.25) is 0 Å². The molecule has 0 atom stereocenters. The van der Waals surface area contributed by atoms with E-state index in [1.807, 2.05) is 10.8 Å². The van der Waals surface area contributed by atoms with Crippen LogP contribution in [0.5, 0.6) is 0 Å². The highest BCUT2D eigenvalue weighted by molar-refractivity contribution is 6.04. The molecule has 0 spiro atoms. The first-order valence-electron chi connectivity index (χ1n) is 14.3. The minimum atomic E-state index is -0.720. The number of hydrogen-bond donors (Lipinski definition) is 2. The van der Waals surface area contributed by atoms with Crippen molar-refractivity contribution in [2.75, 3.05) is 45.1 Å². The van der Waals surface area contributed by atoms with E-state index in [0.717, 1.165) is 99.5 Å². The molecule has 1 aliphatic carbocycles. The summed E-state index contributed by atoms with van der Waals surface area (Å²) in [6.45, 7) is 8.52. The minimum Gasteiger partial charge on any atom is -0.446 e. The number of anilines is 1. The first-order valence-corrected chi connectivity index (χ1v) is 14.3. The number of nitrogens with one attached hydrogen (secondary N) is 1. The normalized spacial score (nSPS) is 20.9. The molecule has 2 aromatic heterocycles. The zero-order valence-corrected chi connectivity index (χ0v) is 23.2. The number of nitrogens with two attached hydrogens (primary N) is 1. The Labute approximate surface area is 229 Å². The molecule has 1 aliphatic heterocycles. The maximum atomic E-state index is 14.1. The van der Waals surface area contributed by atoms with Gasteiger partial charge in [-0.2, -0.15) is 4.98 Å². The standard InChI is InChI=1S/C29H41N7O3/c1-3-4-11-31-29-32-17-25-23-10-7-21(18-35-14-12-34(2)13-15-35)16-24(23)27(37)36(26(25)33-29)19-20-5-8-22(9-6-20)39-28(30)38/h7,10,16-17,20,22H,3-6,8-9,11-15,18-19H2,1-2H3,(H2,30,38)(H,31,32,33). The van der Waals surface area contributed by atoms with Gasteiger partial charge in [0.2, 0.25) is 5.95 Å². The molecule has 3 heterocycles. The summed E-state index contributed by atoms with van der Waals surface area (Å²) in [5.41, 5.74) is 7.03. The second kappa shape index (κ2) is 12.3. The Kier molecular flexibility index (Phi) is 8.62. The van der Waals surface area contributed by atoms with Gasteiger partial charge in [0, 0.05) is 62.8 Å². The number of likely N-dealkylation sites (N-methyl/N-ethyl adjacent to an activating group) is 1. The number of rotatable bonds is 9. The zero-order chi connectivity index (χ0) is 27.4. The molecule has 1 aromatic carbocycles. The van der Waals surface area contributed by atoms with Crippen LogP contribution in [0.3, 0.4) is 0 Å². The quantitative estimate of drug-likeness (QED) is 0.315. The van der Waals surface area contributed by atoms with Crippen molar-refractivity contribution >= 4 is 33.8 Å². The smallest absolute Gasteiger partial charge is 0.404 e. The van der Waals surface area contributed by atoms with Crippen LogP contribution >= 0.6 is 0 Å². The summed E-state index contributed by atoms with van der Waals surface area (Å²) in [4.78, 5) is 39.5. The lowest BCUT2D eigenvalue weighted by atomic mass is 9.87. The topological polar surface area (TPSA) is 119 Å². The Morgan fingerprint density at radius 3 is 2.59 bits per heavy atom. The number of fused-ring (bicyclic) bond motifs is 3. The Balaban J connectivity index is 1.48. The van der Waals surface area contributed by atoms with Crippen molar-refractivity contribution in [2.24, 2.45) is 11.7 Å². The summed E-state index contributed by atoms with van der Waals surface area (Å²) >= 11 is 0. The molecule has 5 rings (SSSR count). The molecule has 210 valence electrons. The molecule has 1 amide bonds. The Hall–Kier alpha value is -3.24. The van der Waals surface area contributed by atoms with Crippen molar-refractivity contribution in [2.45, 2.75) is 64.6 Å². The molecule has 10 heteroatoms. The minimum absolute atomic E-state index is 0.00792. The van der Waals surface area contributed by atoms with E-state index >= 15 is 0 Å². The first kappa shape index (κ1) is 27.3. The summed E-state index contributed by atoms with van der Waals surface area (Å²) in [6, 6.07) is 6.27. The van der Waals surface area contributed by atoms with Crippen molar-refractivity contribution in [3.05, 3.63) is 40.3 Å². The molecule has 2 aliphatic rings. The van der Waals surface area contributed by atoms with Crippen LogP contribution < -0.4 is 16.6 Å². The largest absolute Gasteiger partial charge is 0.446 e. The molecular formula is C29H41N7O3. The van der Waals surface area contributed by atoms with Gasteiger partial charge in [-0.3, -0.25) is 14.3 Å². The van der Waals surface area contributed by atoms with Gasteiger partial charge in [0.05, 0.1) is 0 Å². The third-order valence-corrected chi connectivity index (χ3v) is 8.21. The zero-order valence-electron chi connectivity index (χ0n) is 23.2. The number of ether oxygens (including phenoxy) is 1. The van der Waals surface area contributed by atoms with Crippen molar-refractivity contribution in [1.29, 1.82) is 0 Å². The van der Waals surface area contributed by atoms with Crippen molar-refractivity contribution in [3.63, 3.8) is 0 Å². The number of unbranched alkanes of at least 4 members (excludes halogenated alkanes) is 1. The summed E-state index contributed by atoms with van der Waals surface area (Å²) in [5, 5.41) is 5.82. The van der Waals surface area contributed by atoms with Gasteiger partial charge in [0.15, 0.2) is 0 Å². The van der Waals surface area contributed by atoms with Gasteiger partial charge in [-0.25, -0.2) is 9.78 Å². The highest BCUT2D eigenvalue weighted by atomic mass is 16.6. The van der Waals surface area contributed by atoms with Crippen LogP contribution in [-0.2, 0) is 17.8 Å². The van der Waals surface area contributed by atoms with Crippen LogP contribution in [0.25, 0.3) is 21.8 Å². The maximum Gasteiger partial charge on any atom is 0.404 e. The summed E-state index contributed by atoms with van der Waals surface area (Å²) in [7, 11) is 2.16. The van der Waals surface area contributed by atoms with E-state index in [-0.39, 0.29) is 17.6 Å². The summed E-state index contributed by atoms with van der Waals surface area (Å²) in [5.74, 6) is 0.838. The lowest BCUT2D eigenvalue weighted by Gasteiger charge is -2.32. The van der Waals surface area contributed by atoms with Gasteiger partial charge in [-0.15, -0.1) is 0 Å². The van der Waals surface area contributed by atoms with Gasteiger partial charge >= 0.3 is 6.09 Å². The van der Waals surface area contributed by atoms with Crippen molar-refractivity contribution in [1.82, 2.24) is 24.3 Å². The number of nitrogens with zero attached hydrogens (tertiary/aromatic N) is 5. The third kappa shape index (κ3) is 6.50. The predicted molar refractivity (Wildman–Crippen MR) is 154 cm³/mol. The fraction of sp³-hybridized carbons (Fsp3) is 0.586. The lowest BCUT2D eigenvalue weighted by molar-refractivity contribution is 0.0687. The van der Waals surface area contributed by atoms with E-state index in [0.29, 0.717) is 18.1 Å². The first-order chi connectivity index (χ1) is 18.9. The van der Waals surface area contributed by atoms with Gasteiger partial charge in [-0.05, 0) is 62.1 Å². The van der Waals surface area contributed by atoms with Gasteiger partial charge < -0.3 is 20.7 Å². The molecule has 1 saturated heterocycles. The molecule has 39 heavy (non-hydrogen) atoms. The average Bonchev–Trinajstić information content (AvgIpc) is 2.93. The number of piperazine rings is 1. The van der Waals surface area contributed by atoms with Crippen molar-refractivity contribution in [3.8, 4) is 0 Å². The number of hydrogen-bond acceptors (Lipinski definition) is 8. The number of carbonyl (C=O) groups excluding carboxylic acids is 1. The van der Waals surface area contributed by atoms with Crippen LogP contribution in [0.1, 0.15) is 51.0 Å². The van der Waals surface area contributed by atoms with Crippen LogP contribution in [0.4, 0.5) is 10.7 Å². The molecule has 1 saturated carbocycles. The number of primary amides is 1. The average molecular weight is 536 g/mol. The lowest BCUT2D eigenvalue weighted by Crippen LogP contribution is -2.43. The molecule has 3 aromatic rings. The molecule has 0 unspecified atom stereocenters.